The van der Waals surface area contributed by atoms with Crippen LogP contribution >= 0.6 is 0 Å². The first kappa shape index (κ1) is 18.1. The number of pyridine rings is 1. The minimum atomic E-state index is 0.409. The molecule has 1 atom stereocenters. The maximum Gasteiger partial charge on any atom is 0.183 e. The number of nitrogens with one attached hydrogen (secondary N) is 1. The van der Waals surface area contributed by atoms with Gasteiger partial charge in [-0.2, -0.15) is 9.78 Å². The average molecular weight is 380 g/mol. The van der Waals surface area contributed by atoms with Crippen molar-refractivity contribution in [1.82, 2.24) is 20.0 Å². The number of anilines is 3. The zero-order valence-electron chi connectivity index (χ0n) is 16.0. The number of nitrogens with zero attached hydrogens (tertiary/aromatic N) is 7. The molecule has 28 heavy (non-hydrogen) atoms. The summed E-state index contributed by atoms with van der Waals surface area (Å²) in [4.78, 5) is 20.2. The van der Waals surface area contributed by atoms with E-state index in [1.54, 1.807) is 23.2 Å². The summed E-state index contributed by atoms with van der Waals surface area (Å²) in [6.45, 7) is 4.35. The van der Waals surface area contributed by atoms with Gasteiger partial charge in [0, 0.05) is 37.9 Å². The number of rotatable bonds is 4. The van der Waals surface area contributed by atoms with Crippen molar-refractivity contribution < 1.29 is 0 Å². The van der Waals surface area contributed by atoms with Crippen molar-refractivity contribution in [2.24, 2.45) is 15.1 Å². The summed E-state index contributed by atoms with van der Waals surface area (Å²) in [7, 11) is 1.96. The van der Waals surface area contributed by atoms with Crippen LogP contribution in [0.3, 0.4) is 0 Å². The molecule has 4 rings (SSSR count). The molecule has 0 bridgehead atoms. The first-order valence-electron chi connectivity index (χ1n) is 9.31. The lowest BCUT2D eigenvalue weighted by Gasteiger charge is -2.20. The van der Waals surface area contributed by atoms with E-state index < -0.39 is 0 Å². The molecule has 0 radical (unpaired) electrons. The van der Waals surface area contributed by atoms with Crippen LogP contribution in [0.2, 0.25) is 0 Å². The number of nitrogen functional groups attached to an aromatic ring is 2. The summed E-state index contributed by atoms with van der Waals surface area (Å²) in [6.07, 6.45) is 4.37. The Bertz CT molecular complexity index is 1020. The molecule has 0 saturated carbocycles. The summed E-state index contributed by atoms with van der Waals surface area (Å²) in [5.74, 6) is 1.72. The van der Waals surface area contributed by atoms with E-state index >= 15 is 0 Å². The van der Waals surface area contributed by atoms with E-state index in [1.165, 1.54) is 0 Å². The number of hydrogen-bond acceptors (Lipinski definition) is 9. The zero-order valence-corrected chi connectivity index (χ0v) is 16.0. The van der Waals surface area contributed by atoms with Crippen molar-refractivity contribution in [2.45, 2.75) is 19.4 Å². The van der Waals surface area contributed by atoms with Crippen LogP contribution in [0.25, 0.3) is 0 Å². The number of aromatic nitrogens is 3. The van der Waals surface area contributed by atoms with Crippen molar-refractivity contribution in [1.29, 1.82) is 0 Å². The third kappa shape index (κ3) is 3.22. The van der Waals surface area contributed by atoms with Crippen LogP contribution in [0.15, 0.2) is 33.4 Å². The Labute approximate surface area is 162 Å². The number of fused-ring (bicyclic) bond motifs is 1. The van der Waals surface area contributed by atoms with Gasteiger partial charge < -0.3 is 21.7 Å². The van der Waals surface area contributed by atoms with Gasteiger partial charge in [-0.15, -0.1) is 0 Å². The lowest BCUT2D eigenvalue weighted by atomic mass is 10.3. The van der Waals surface area contributed by atoms with Gasteiger partial charge in [-0.3, -0.25) is 4.99 Å². The summed E-state index contributed by atoms with van der Waals surface area (Å²) in [6, 6.07) is 3.95. The SMILES string of the molecule is CCN=c1ccnc2n1N=CC2=Nc1nc(N2CCC(NC)C2)c(N)cc1N. The Balaban J connectivity index is 1.73. The van der Waals surface area contributed by atoms with Crippen LogP contribution in [-0.2, 0) is 0 Å². The Hall–Kier alpha value is -3.27. The molecule has 0 aromatic carbocycles. The Morgan fingerprint density at radius 1 is 1.32 bits per heavy atom. The van der Waals surface area contributed by atoms with Gasteiger partial charge in [0.1, 0.15) is 5.71 Å². The molecule has 1 fully saturated rings. The summed E-state index contributed by atoms with van der Waals surface area (Å²) in [5, 5.41) is 7.65. The molecule has 2 aromatic heterocycles. The zero-order chi connectivity index (χ0) is 19.7. The lowest BCUT2D eigenvalue weighted by Crippen LogP contribution is -2.30. The average Bonchev–Trinajstić information content (AvgIpc) is 3.32. The fourth-order valence-electron chi connectivity index (χ4n) is 3.40. The van der Waals surface area contributed by atoms with Gasteiger partial charge in [-0.05, 0) is 26.5 Å². The molecule has 0 aliphatic carbocycles. The maximum atomic E-state index is 6.19. The van der Waals surface area contributed by atoms with E-state index in [4.69, 9.17) is 11.5 Å². The molecule has 0 spiro atoms. The second-order valence-corrected chi connectivity index (χ2v) is 6.69. The molecule has 5 N–H and O–H groups in total. The lowest BCUT2D eigenvalue weighted by molar-refractivity contribution is 0.616. The smallest absolute Gasteiger partial charge is 0.183 e. The third-order valence-corrected chi connectivity index (χ3v) is 4.84. The molecule has 2 aromatic rings. The van der Waals surface area contributed by atoms with E-state index in [1.807, 2.05) is 20.0 Å². The van der Waals surface area contributed by atoms with Crippen molar-refractivity contribution in [3.05, 3.63) is 29.6 Å². The Morgan fingerprint density at radius 2 is 2.18 bits per heavy atom. The van der Waals surface area contributed by atoms with Gasteiger partial charge in [-0.1, -0.05) is 0 Å². The molecular weight excluding hydrogens is 356 g/mol. The van der Waals surface area contributed by atoms with Crippen LogP contribution in [0.1, 0.15) is 19.2 Å². The van der Waals surface area contributed by atoms with E-state index in [-0.39, 0.29) is 0 Å². The van der Waals surface area contributed by atoms with Crippen LogP contribution in [0.4, 0.5) is 23.0 Å². The minimum absolute atomic E-state index is 0.409. The van der Waals surface area contributed by atoms with Crippen LogP contribution in [-0.4, -0.2) is 59.3 Å². The van der Waals surface area contributed by atoms with Gasteiger partial charge in [0.25, 0.3) is 0 Å². The van der Waals surface area contributed by atoms with Crippen molar-refractivity contribution in [2.75, 3.05) is 43.0 Å². The number of likely N-dealkylation sites (N-methyl/N-ethyl adjacent to an activating group) is 1. The highest BCUT2D eigenvalue weighted by atomic mass is 15.4. The summed E-state index contributed by atoms with van der Waals surface area (Å²) >= 11 is 0. The van der Waals surface area contributed by atoms with Gasteiger partial charge in [0.15, 0.2) is 22.9 Å². The summed E-state index contributed by atoms with van der Waals surface area (Å²) in [5.41, 5.74) is 14.6. The third-order valence-electron chi connectivity index (χ3n) is 4.84. The van der Waals surface area contributed by atoms with E-state index in [0.29, 0.717) is 47.1 Å². The van der Waals surface area contributed by atoms with Gasteiger partial charge >= 0.3 is 0 Å². The van der Waals surface area contributed by atoms with E-state index in [9.17, 15) is 0 Å². The van der Waals surface area contributed by atoms with Gasteiger partial charge in [0.2, 0.25) is 0 Å². The monoisotopic (exact) mass is 380 g/mol. The molecule has 1 unspecified atom stereocenters. The number of aliphatic imine (C=N–C) groups is 1. The van der Waals surface area contributed by atoms with Crippen molar-refractivity contribution >= 4 is 34.9 Å². The molecule has 2 aliphatic heterocycles. The molecule has 1 saturated heterocycles. The molecule has 2 aliphatic rings. The minimum Gasteiger partial charge on any atom is -0.396 e. The Morgan fingerprint density at radius 3 is 2.93 bits per heavy atom. The first-order chi connectivity index (χ1) is 13.6. The second kappa shape index (κ2) is 7.39. The van der Waals surface area contributed by atoms with E-state index in [0.717, 1.165) is 25.0 Å². The highest BCUT2D eigenvalue weighted by molar-refractivity contribution is 6.39. The summed E-state index contributed by atoms with van der Waals surface area (Å²) < 4.78 is 1.66. The second-order valence-electron chi connectivity index (χ2n) is 6.69. The van der Waals surface area contributed by atoms with Crippen LogP contribution in [0, 0.1) is 0 Å². The molecule has 146 valence electrons. The van der Waals surface area contributed by atoms with E-state index in [2.05, 4.69) is 35.3 Å². The molecular formula is C18H24N10. The normalized spacial score (nSPS) is 20.4. The van der Waals surface area contributed by atoms with Gasteiger partial charge in [0.05, 0.1) is 17.6 Å². The fourth-order valence-corrected chi connectivity index (χ4v) is 3.40. The van der Waals surface area contributed by atoms with Crippen LogP contribution < -0.4 is 27.2 Å². The van der Waals surface area contributed by atoms with Crippen molar-refractivity contribution in [3.63, 3.8) is 0 Å². The standard InChI is InChI=1S/C18H24N10/c1-3-22-15-4-6-23-18-14(9-24-28(15)18)25-16-12(19)8-13(20)17(26-16)27-7-5-11(10-27)21-2/h4,6,8-9,11,21H,3,5,7,10,19-20H2,1-2H3. The quantitative estimate of drug-likeness (QED) is 0.690. The largest absolute Gasteiger partial charge is 0.396 e. The highest BCUT2D eigenvalue weighted by Crippen LogP contribution is 2.32. The van der Waals surface area contributed by atoms with Crippen molar-refractivity contribution in [3.8, 4) is 0 Å². The topological polar surface area (TPSA) is 135 Å². The molecule has 4 heterocycles. The Kier molecular flexibility index (Phi) is 4.78. The highest BCUT2D eigenvalue weighted by Gasteiger charge is 2.25. The maximum absolute atomic E-state index is 6.19. The first-order valence-corrected chi connectivity index (χ1v) is 9.31. The predicted octanol–water partition coefficient (Wildman–Crippen LogP) is 0.130. The van der Waals surface area contributed by atoms with Crippen LogP contribution in [0.5, 0.6) is 0 Å². The number of hydrogen-bond donors (Lipinski definition) is 3. The fraction of sp³-hybridized carbons (Fsp3) is 0.389. The van der Waals surface area contributed by atoms with Gasteiger partial charge in [-0.25, -0.2) is 15.0 Å². The predicted molar refractivity (Wildman–Crippen MR) is 111 cm³/mol. The molecule has 10 heteroatoms. The number of nitrogens with two attached hydrogens (primary N) is 2. The molecule has 0 amide bonds. The molecule has 10 nitrogen and oxygen atoms in total.